The van der Waals surface area contributed by atoms with Crippen molar-refractivity contribution >= 4 is 11.8 Å². The first kappa shape index (κ1) is 14.5. The van der Waals surface area contributed by atoms with E-state index in [9.17, 15) is 5.11 Å². The first-order chi connectivity index (χ1) is 7.75. The second-order valence-corrected chi connectivity index (χ2v) is 6.74. The van der Waals surface area contributed by atoms with Crippen molar-refractivity contribution in [3.8, 4) is 0 Å². The second-order valence-electron chi connectivity index (χ2n) is 5.48. The number of aliphatic hydroxyl groups excluding tert-OH is 1. The van der Waals surface area contributed by atoms with Gasteiger partial charge in [0.1, 0.15) is 0 Å². The van der Waals surface area contributed by atoms with E-state index in [-0.39, 0.29) is 23.3 Å². The normalized spacial score (nSPS) is 15.9. The Bertz CT molecular complexity index is 370. The molecule has 0 saturated carbocycles. The first-order valence-electron chi connectivity index (χ1n) is 5.79. The molecule has 5 heteroatoms. The fourth-order valence-corrected chi connectivity index (χ4v) is 3.01. The van der Waals surface area contributed by atoms with Gasteiger partial charge in [-0.25, -0.2) is 0 Å². The number of aliphatic hydroxyl groups is 1. The highest BCUT2D eigenvalue weighted by molar-refractivity contribution is 8.00. The highest BCUT2D eigenvalue weighted by Crippen LogP contribution is 2.31. The van der Waals surface area contributed by atoms with Gasteiger partial charge in [0.2, 0.25) is 0 Å². The number of rotatable bonds is 4. The van der Waals surface area contributed by atoms with Gasteiger partial charge in [0.05, 0.1) is 17.3 Å². The van der Waals surface area contributed by atoms with Crippen LogP contribution in [-0.2, 0) is 7.05 Å². The molecule has 0 saturated heterocycles. The van der Waals surface area contributed by atoms with E-state index in [1.54, 1.807) is 11.8 Å². The summed E-state index contributed by atoms with van der Waals surface area (Å²) in [6.45, 7) is 8.31. The van der Waals surface area contributed by atoms with E-state index in [4.69, 9.17) is 5.73 Å². The Hall–Kier alpha value is -0.520. The zero-order valence-electron chi connectivity index (χ0n) is 11.3. The highest BCUT2D eigenvalue weighted by Gasteiger charge is 2.29. The molecule has 0 aliphatic carbocycles. The van der Waals surface area contributed by atoms with Gasteiger partial charge in [0, 0.05) is 18.3 Å². The van der Waals surface area contributed by atoms with E-state index in [1.807, 2.05) is 24.7 Å². The molecule has 1 rings (SSSR count). The van der Waals surface area contributed by atoms with Crippen LogP contribution in [0.1, 0.15) is 26.5 Å². The van der Waals surface area contributed by atoms with Crippen molar-refractivity contribution in [3.63, 3.8) is 0 Å². The lowest BCUT2D eigenvalue weighted by Gasteiger charge is -2.32. The third-order valence-electron chi connectivity index (χ3n) is 2.81. The largest absolute Gasteiger partial charge is 0.395 e. The van der Waals surface area contributed by atoms with E-state index < -0.39 is 0 Å². The number of aromatic nitrogens is 2. The molecule has 1 aromatic rings. The molecule has 0 aliphatic heterocycles. The minimum absolute atomic E-state index is 0.00944. The van der Waals surface area contributed by atoms with Crippen LogP contribution < -0.4 is 5.73 Å². The zero-order chi connectivity index (χ0) is 13.2. The van der Waals surface area contributed by atoms with Crippen molar-refractivity contribution in [2.24, 2.45) is 18.2 Å². The molecule has 0 fully saturated rings. The molecule has 0 bridgehead atoms. The fourth-order valence-electron chi connectivity index (χ4n) is 1.63. The van der Waals surface area contributed by atoms with Crippen LogP contribution in [0.4, 0.5) is 0 Å². The van der Waals surface area contributed by atoms with Gasteiger partial charge >= 0.3 is 0 Å². The van der Waals surface area contributed by atoms with Crippen LogP contribution in [-0.4, -0.2) is 32.8 Å². The minimum atomic E-state index is -0.0623. The van der Waals surface area contributed by atoms with Crippen LogP contribution in [0.3, 0.4) is 0 Å². The second kappa shape index (κ2) is 5.42. The predicted octanol–water partition coefficient (Wildman–Crippen LogP) is 1.55. The molecule has 0 aliphatic rings. The summed E-state index contributed by atoms with van der Waals surface area (Å²) in [6.07, 6.45) is 0. The van der Waals surface area contributed by atoms with Crippen molar-refractivity contribution in [3.05, 3.63) is 11.8 Å². The van der Waals surface area contributed by atoms with E-state index >= 15 is 0 Å². The molecule has 4 nitrogen and oxygen atoms in total. The maximum atomic E-state index is 9.49. The number of nitrogens with zero attached hydrogens (tertiary/aromatic N) is 2. The van der Waals surface area contributed by atoms with Gasteiger partial charge in [-0.05, 0) is 18.4 Å². The quantitative estimate of drug-likeness (QED) is 0.803. The Morgan fingerprint density at radius 3 is 2.47 bits per heavy atom. The van der Waals surface area contributed by atoms with Gasteiger partial charge in [-0.3, -0.25) is 4.68 Å². The Labute approximate surface area is 108 Å². The fraction of sp³-hybridized carbons (Fsp3) is 0.750. The Morgan fingerprint density at radius 1 is 1.53 bits per heavy atom. The van der Waals surface area contributed by atoms with Gasteiger partial charge in [-0.1, -0.05) is 32.5 Å². The molecule has 3 N–H and O–H groups in total. The zero-order valence-corrected chi connectivity index (χ0v) is 12.1. The van der Waals surface area contributed by atoms with Gasteiger partial charge < -0.3 is 10.8 Å². The SMILES string of the molecule is Cc1cc(SC(CO)C(N)C(C)(C)C)n(C)n1. The van der Waals surface area contributed by atoms with Gasteiger partial charge in [0.15, 0.2) is 0 Å². The van der Waals surface area contributed by atoms with Crippen LogP contribution in [0.2, 0.25) is 0 Å². The van der Waals surface area contributed by atoms with Crippen LogP contribution in [0.15, 0.2) is 11.1 Å². The highest BCUT2D eigenvalue weighted by atomic mass is 32.2. The molecule has 0 amide bonds. The number of hydrogen-bond acceptors (Lipinski definition) is 4. The standard InChI is InChI=1S/C12H23N3OS/c1-8-6-10(15(5)14-8)17-9(7-16)11(13)12(2,3)4/h6,9,11,16H,7,13H2,1-5H3. The average molecular weight is 257 g/mol. The third kappa shape index (κ3) is 3.72. The van der Waals surface area contributed by atoms with Gasteiger partial charge in [-0.15, -0.1) is 0 Å². The lowest BCUT2D eigenvalue weighted by Crippen LogP contribution is -2.45. The maximum absolute atomic E-state index is 9.49. The molecule has 0 aromatic carbocycles. The topological polar surface area (TPSA) is 64.1 Å². The summed E-state index contributed by atoms with van der Waals surface area (Å²) in [6, 6.07) is 1.95. The molecule has 1 aromatic heterocycles. The lowest BCUT2D eigenvalue weighted by atomic mass is 9.85. The van der Waals surface area contributed by atoms with Crippen molar-refractivity contribution in [2.75, 3.05) is 6.61 Å². The molecular formula is C12H23N3OS. The lowest BCUT2D eigenvalue weighted by molar-refractivity contribution is 0.233. The van der Waals surface area contributed by atoms with Gasteiger partial charge in [-0.2, -0.15) is 5.10 Å². The summed E-state index contributed by atoms with van der Waals surface area (Å²) >= 11 is 1.60. The Morgan fingerprint density at radius 2 is 2.12 bits per heavy atom. The number of thioether (sulfide) groups is 1. The smallest absolute Gasteiger partial charge is 0.0943 e. The molecule has 98 valence electrons. The van der Waals surface area contributed by atoms with Crippen molar-refractivity contribution in [1.82, 2.24) is 9.78 Å². The van der Waals surface area contributed by atoms with Gasteiger partial charge in [0.25, 0.3) is 0 Å². The van der Waals surface area contributed by atoms with Crippen molar-refractivity contribution in [1.29, 1.82) is 0 Å². The summed E-state index contributed by atoms with van der Waals surface area (Å²) in [4.78, 5) is 0. The van der Waals surface area contributed by atoms with E-state index in [2.05, 4.69) is 25.9 Å². The molecule has 0 spiro atoms. The van der Waals surface area contributed by atoms with Crippen molar-refractivity contribution in [2.45, 2.75) is 44.0 Å². The van der Waals surface area contributed by atoms with Crippen LogP contribution in [0.25, 0.3) is 0 Å². The van der Waals surface area contributed by atoms with E-state index in [0.29, 0.717) is 0 Å². The molecule has 1 heterocycles. The Kier molecular flexibility index (Phi) is 4.63. The number of nitrogens with two attached hydrogens (primary N) is 1. The summed E-state index contributed by atoms with van der Waals surface area (Å²) in [5.41, 5.74) is 7.16. The van der Waals surface area contributed by atoms with E-state index in [1.165, 1.54) is 0 Å². The molecule has 17 heavy (non-hydrogen) atoms. The first-order valence-corrected chi connectivity index (χ1v) is 6.67. The Balaban J connectivity index is 2.80. The molecule has 0 radical (unpaired) electrons. The van der Waals surface area contributed by atoms with Crippen molar-refractivity contribution < 1.29 is 5.11 Å². The summed E-state index contributed by atoms with van der Waals surface area (Å²) < 4.78 is 1.83. The minimum Gasteiger partial charge on any atom is -0.395 e. The van der Waals surface area contributed by atoms with Crippen LogP contribution in [0, 0.1) is 12.3 Å². The number of aryl methyl sites for hydroxylation is 2. The summed E-state index contributed by atoms with van der Waals surface area (Å²) in [5, 5.41) is 14.8. The van der Waals surface area contributed by atoms with E-state index in [0.717, 1.165) is 10.7 Å². The maximum Gasteiger partial charge on any atom is 0.0943 e. The predicted molar refractivity (Wildman–Crippen MR) is 72.1 cm³/mol. The average Bonchev–Trinajstić information content (AvgIpc) is 2.51. The monoisotopic (exact) mass is 257 g/mol. The van der Waals surface area contributed by atoms with Crippen LogP contribution >= 0.6 is 11.8 Å². The van der Waals surface area contributed by atoms with Crippen LogP contribution in [0.5, 0.6) is 0 Å². The summed E-state index contributed by atoms with van der Waals surface area (Å²) in [5.74, 6) is 0. The number of hydrogen-bond donors (Lipinski definition) is 2. The summed E-state index contributed by atoms with van der Waals surface area (Å²) in [7, 11) is 1.91. The molecule has 2 atom stereocenters. The molecular weight excluding hydrogens is 234 g/mol. The molecule has 2 unspecified atom stereocenters. The third-order valence-corrected chi connectivity index (χ3v) is 4.18.